The minimum absolute atomic E-state index is 0.134. The molecule has 84 valence electrons. The van der Waals surface area contributed by atoms with E-state index in [1.807, 2.05) is 20.8 Å². The van der Waals surface area contributed by atoms with Crippen LogP contribution in [0.4, 0.5) is 0 Å². The fourth-order valence-electron chi connectivity index (χ4n) is 1.62. The Morgan fingerprint density at radius 3 is 2.56 bits per heavy atom. The average Bonchev–Trinajstić information content (AvgIpc) is 2.84. The zero-order valence-electron chi connectivity index (χ0n) is 9.64. The van der Waals surface area contributed by atoms with Gasteiger partial charge in [-0.1, -0.05) is 0 Å². The Morgan fingerprint density at radius 1 is 1.31 bits per heavy atom. The van der Waals surface area contributed by atoms with Crippen molar-refractivity contribution in [2.24, 2.45) is 0 Å². The summed E-state index contributed by atoms with van der Waals surface area (Å²) in [6, 6.07) is 0. The van der Waals surface area contributed by atoms with Gasteiger partial charge in [0.25, 0.3) is 5.91 Å². The molecule has 16 heavy (non-hydrogen) atoms. The number of nitrogens with zero attached hydrogens (tertiary/aromatic N) is 4. The monoisotopic (exact) mass is 218 g/mol. The minimum Gasteiger partial charge on any atom is -0.269 e. The van der Waals surface area contributed by atoms with E-state index in [1.54, 1.807) is 23.3 Å². The molecule has 0 radical (unpaired) electrons. The topological polar surface area (TPSA) is 52.7 Å². The molecule has 0 bridgehead atoms. The van der Waals surface area contributed by atoms with Crippen LogP contribution in [-0.2, 0) is 6.54 Å². The summed E-state index contributed by atoms with van der Waals surface area (Å²) in [5.74, 6) is -0.134. The fraction of sp³-hybridized carbons (Fsp3) is 0.364. The lowest BCUT2D eigenvalue weighted by Gasteiger charge is -2.01. The number of hydrogen-bond acceptors (Lipinski definition) is 3. The highest BCUT2D eigenvalue weighted by molar-refractivity contribution is 5.96. The molecule has 0 amide bonds. The second-order valence-electron chi connectivity index (χ2n) is 3.73. The number of aromatic nitrogens is 4. The summed E-state index contributed by atoms with van der Waals surface area (Å²) >= 11 is 0. The first-order valence-electron chi connectivity index (χ1n) is 5.22. The maximum Gasteiger partial charge on any atom is 0.281 e. The van der Waals surface area contributed by atoms with E-state index >= 15 is 0 Å². The Bertz CT molecular complexity index is 524. The lowest BCUT2D eigenvalue weighted by molar-refractivity contribution is 0.0944. The average molecular weight is 218 g/mol. The van der Waals surface area contributed by atoms with Crippen molar-refractivity contribution in [2.75, 3.05) is 0 Å². The fourth-order valence-corrected chi connectivity index (χ4v) is 1.62. The van der Waals surface area contributed by atoms with Gasteiger partial charge in [0.15, 0.2) is 0 Å². The minimum atomic E-state index is -0.134. The second-order valence-corrected chi connectivity index (χ2v) is 3.73. The van der Waals surface area contributed by atoms with E-state index in [-0.39, 0.29) is 5.91 Å². The normalized spacial score (nSPS) is 10.7. The summed E-state index contributed by atoms with van der Waals surface area (Å²) in [6.07, 6.45) is 4.97. The molecule has 5 heteroatoms. The van der Waals surface area contributed by atoms with Gasteiger partial charge in [-0.2, -0.15) is 10.2 Å². The Labute approximate surface area is 93.7 Å². The third kappa shape index (κ3) is 1.64. The van der Waals surface area contributed by atoms with Crippen molar-refractivity contribution in [3.8, 4) is 0 Å². The van der Waals surface area contributed by atoms with Crippen molar-refractivity contribution in [2.45, 2.75) is 27.3 Å². The number of aryl methyl sites for hydroxylation is 2. The first-order chi connectivity index (χ1) is 7.63. The third-order valence-corrected chi connectivity index (χ3v) is 2.55. The SMILES string of the molecule is CCn1ncc(C(=O)n2cc(C)cn2)c1C. The maximum absolute atomic E-state index is 12.1. The predicted octanol–water partition coefficient (Wildman–Crippen LogP) is 1.40. The van der Waals surface area contributed by atoms with Gasteiger partial charge in [-0.3, -0.25) is 9.48 Å². The standard InChI is InChI=1S/C11H14N4O/c1-4-14-9(3)10(6-13-14)11(16)15-7-8(2)5-12-15/h5-7H,4H2,1-3H3. The van der Waals surface area contributed by atoms with Gasteiger partial charge in [-0.15, -0.1) is 0 Å². The molecule has 2 rings (SSSR count). The van der Waals surface area contributed by atoms with Crippen LogP contribution in [0.15, 0.2) is 18.6 Å². The first kappa shape index (κ1) is 10.6. The zero-order chi connectivity index (χ0) is 11.7. The van der Waals surface area contributed by atoms with Crippen molar-refractivity contribution in [1.29, 1.82) is 0 Å². The highest BCUT2D eigenvalue weighted by Crippen LogP contribution is 2.09. The summed E-state index contributed by atoms with van der Waals surface area (Å²) < 4.78 is 3.14. The number of rotatable bonds is 2. The van der Waals surface area contributed by atoms with Crippen LogP contribution >= 0.6 is 0 Å². The molecule has 0 atom stereocenters. The molecule has 0 aliphatic rings. The Balaban J connectivity index is 2.37. The maximum atomic E-state index is 12.1. The Hall–Kier alpha value is -1.91. The largest absolute Gasteiger partial charge is 0.281 e. The van der Waals surface area contributed by atoms with Crippen LogP contribution in [0.2, 0.25) is 0 Å². The van der Waals surface area contributed by atoms with Crippen LogP contribution in [0.3, 0.4) is 0 Å². The quantitative estimate of drug-likeness (QED) is 0.765. The van der Waals surface area contributed by atoms with Gasteiger partial charge >= 0.3 is 0 Å². The molecule has 0 unspecified atom stereocenters. The highest BCUT2D eigenvalue weighted by Gasteiger charge is 2.15. The first-order valence-corrected chi connectivity index (χ1v) is 5.22. The summed E-state index contributed by atoms with van der Waals surface area (Å²) in [7, 11) is 0. The van der Waals surface area contributed by atoms with E-state index in [2.05, 4.69) is 10.2 Å². The molecule has 2 aromatic rings. The van der Waals surface area contributed by atoms with Crippen LogP contribution in [0.25, 0.3) is 0 Å². The molecule has 0 saturated carbocycles. The summed E-state index contributed by atoms with van der Waals surface area (Å²) in [4.78, 5) is 12.1. The second kappa shape index (κ2) is 3.92. The molecule has 0 N–H and O–H groups in total. The van der Waals surface area contributed by atoms with E-state index in [9.17, 15) is 4.79 Å². The van der Waals surface area contributed by atoms with Gasteiger partial charge in [0, 0.05) is 18.4 Å². The molecular formula is C11H14N4O. The summed E-state index contributed by atoms with van der Waals surface area (Å²) in [6.45, 7) is 6.54. The smallest absolute Gasteiger partial charge is 0.269 e. The number of hydrogen-bond donors (Lipinski definition) is 0. The molecule has 0 aliphatic heterocycles. The van der Waals surface area contributed by atoms with E-state index in [0.29, 0.717) is 5.56 Å². The van der Waals surface area contributed by atoms with Crippen LogP contribution in [-0.4, -0.2) is 25.5 Å². The van der Waals surface area contributed by atoms with Gasteiger partial charge in [-0.25, -0.2) is 4.68 Å². The van der Waals surface area contributed by atoms with Crippen molar-refractivity contribution in [3.63, 3.8) is 0 Å². The number of carbonyl (C=O) groups excluding carboxylic acids is 1. The number of carbonyl (C=O) groups is 1. The van der Waals surface area contributed by atoms with Gasteiger partial charge in [0.2, 0.25) is 0 Å². The predicted molar refractivity (Wildman–Crippen MR) is 59.3 cm³/mol. The van der Waals surface area contributed by atoms with Crippen molar-refractivity contribution in [3.05, 3.63) is 35.4 Å². The van der Waals surface area contributed by atoms with Crippen LogP contribution in [0, 0.1) is 13.8 Å². The van der Waals surface area contributed by atoms with Crippen molar-refractivity contribution < 1.29 is 4.79 Å². The van der Waals surface area contributed by atoms with E-state index in [1.165, 1.54) is 4.68 Å². The van der Waals surface area contributed by atoms with Gasteiger partial charge < -0.3 is 0 Å². The zero-order valence-corrected chi connectivity index (χ0v) is 9.64. The molecule has 0 aromatic carbocycles. The summed E-state index contributed by atoms with van der Waals surface area (Å²) in [5, 5.41) is 8.14. The highest BCUT2D eigenvalue weighted by atomic mass is 16.2. The molecular weight excluding hydrogens is 204 g/mol. The van der Waals surface area contributed by atoms with E-state index < -0.39 is 0 Å². The van der Waals surface area contributed by atoms with E-state index in [4.69, 9.17) is 0 Å². The van der Waals surface area contributed by atoms with Crippen LogP contribution in [0.5, 0.6) is 0 Å². The molecule has 2 heterocycles. The molecule has 0 saturated heterocycles. The summed E-state index contributed by atoms with van der Waals surface area (Å²) in [5.41, 5.74) is 2.44. The van der Waals surface area contributed by atoms with Crippen molar-refractivity contribution in [1.82, 2.24) is 19.6 Å². The van der Waals surface area contributed by atoms with E-state index in [0.717, 1.165) is 17.8 Å². The molecule has 2 aromatic heterocycles. The van der Waals surface area contributed by atoms with Crippen LogP contribution < -0.4 is 0 Å². The molecule has 0 aliphatic carbocycles. The lowest BCUT2D eigenvalue weighted by atomic mass is 10.2. The molecule has 0 fully saturated rings. The lowest BCUT2D eigenvalue weighted by Crippen LogP contribution is -2.13. The Morgan fingerprint density at radius 2 is 2.06 bits per heavy atom. The van der Waals surface area contributed by atoms with Crippen LogP contribution in [0.1, 0.15) is 28.5 Å². The van der Waals surface area contributed by atoms with Crippen molar-refractivity contribution >= 4 is 5.91 Å². The van der Waals surface area contributed by atoms with Gasteiger partial charge in [-0.05, 0) is 26.3 Å². The molecule has 5 nitrogen and oxygen atoms in total. The Kier molecular flexibility index (Phi) is 2.60. The third-order valence-electron chi connectivity index (χ3n) is 2.55. The van der Waals surface area contributed by atoms with Gasteiger partial charge in [0.05, 0.1) is 18.0 Å². The molecule has 0 spiro atoms. The van der Waals surface area contributed by atoms with Gasteiger partial charge in [0.1, 0.15) is 0 Å².